The topological polar surface area (TPSA) is 42.0 Å². The molecule has 0 radical (unpaired) electrons. The fraction of sp³-hybridized carbons (Fsp3) is 0.0476. The van der Waals surface area contributed by atoms with E-state index in [-0.39, 0.29) is 5.91 Å². The van der Waals surface area contributed by atoms with Crippen LogP contribution in [0.15, 0.2) is 78.3 Å². The first-order valence-corrected chi connectivity index (χ1v) is 8.93. The van der Waals surface area contributed by atoms with Crippen LogP contribution in [0.2, 0.25) is 0 Å². The minimum absolute atomic E-state index is 0.0164. The number of carbonyl (C=O) groups excluding carboxylic acids is 1. The Balaban J connectivity index is 1.44. The lowest BCUT2D eigenvalue weighted by atomic mass is 10.0. The number of thiazole rings is 1. The van der Waals surface area contributed by atoms with Crippen LogP contribution in [0.5, 0.6) is 0 Å². The summed E-state index contributed by atoms with van der Waals surface area (Å²) in [6, 6.07) is 22.1. The summed E-state index contributed by atoms with van der Waals surface area (Å²) in [6.45, 7) is 0. The van der Waals surface area contributed by atoms with Gasteiger partial charge in [0, 0.05) is 22.8 Å². The minimum atomic E-state index is -0.0164. The molecule has 1 aromatic heterocycles. The Labute approximate surface area is 150 Å². The second-order valence-electron chi connectivity index (χ2n) is 5.82. The Morgan fingerprint density at radius 3 is 2.52 bits per heavy atom. The van der Waals surface area contributed by atoms with Gasteiger partial charge in [-0.05, 0) is 40.6 Å². The number of hydrogen-bond acceptors (Lipinski definition) is 3. The number of fused-ring (bicyclic) bond motifs is 1. The van der Waals surface area contributed by atoms with Gasteiger partial charge in [-0.1, -0.05) is 42.5 Å². The van der Waals surface area contributed by atoms with Gasteiger partial charge in [-0.25, -0.2) is 4.98 Å². The van der Waals surface area contributed by atoms with Crippen molar-refractivity contribution in [2.45, 2.75) is 6.42 Å². The number of anilines is 1. The standard InChI is InChI=1S/C21H16N2OS/c24-20(14-15-5-6-16-3-1-2-4-18(16)13-15)23-19-9-7-17(8-10-19)21-22-11-12-25-21/h1-13H,14H2,(H,23,24). The summed E-state index contributed by atoms with van der Waals surface area (Å²) >= 11 is 1.60. The van der Waals surface area contributed by atoms with Gasteiger partial charge in [0.05, 0.1) is 6.42 Å². The summed E-state index contributed by atoms with van der Waals surface area (Å²) in [5.41, 5.74) is 2.87. The van der Waals surface area contributed by atoms with Crippen LogP contribution in [0.3, 0.4) is 0 Å². The van der Waals surface area contributed by atoms with Crippen molar-refractivity contribution in [3.8, 4) is 10.6 Å². The van der Waals surface area contributed by atoms with Gasteiger partial charge in [0.1, 0.15) is 5.01 Å². The lowest BCUT2D eigenvalue weighted by Gasteiger charge is -2.07. The molecular weight excluding hydrogens is 328 g/mol. The maximum atomic E-state index is 12.3. The number of nitrogens with one attached hydrogen (secondary N) is 1. The molecule has 0 bridgehead atoms. The van der Waals surface area contributed by atoms with Crippen LogP contribution in [-0.4, -0.2) is 10.9 Å². The predicted octanol–water partition coefficient (Wildman–Crippen LogP) is 5.14. The molecule has 1 N–H and O–H groups in total. The molecule has 3 nitrogen and oxygen atoms in total. The van der Waals surface area contributed by atoms with Gasteiger partial charge in [0.15, 0.2) is 0 Å². The van der Waals surface area contributed by atoms with Gasteiger partial charge >= 0.3 is 0 Å². The van der Waals surface area contributed by atoms with Gasteiger partial charge in [-0.3, -0.25) is 4.79 Å². The summed E-state index contributed by atoms with van der Waals surface area (Å²) in [6.07, 6.45) is 2.15. The quantitative estimate of drug-likeness (QED) is 0.557. The van der Waals surface area contributed by atoms with E-state index in [1.165, 1.54) is 5.39 Å². The van der Waals surface area contributed by atoms with Crippen molar-refractivity contribution in [2.24, 2.45) is 0 Å². The molecule has 0 spiro atoms. The number of rotatable bonds is 4. The highest BCUT2D eigenvalue weighted by Crippen LogP contribution is 2.23. The predicted molar refractivity (Wildman–Crippen MR) is 104 cm³/mol. The van der Waals surface area contributed by atoms with Crippen molar-refractivity contribution in [3.63, 3.8) is 0 Å². The van der Waals surface area contributed by atoms with E-state index >= 15 is 0 Å². The smallest absolute Gasteiger partial charge is 0.228 e. The van der Waals surface area contributed by atoms with Crippen molar-refractivity contribution in [2.75, 3.05) is 5.32 Å². The van der Waals surface area contributed by atoms with Gasteiger partial charge < -0.3 is 5.32 Å². The normalized spacial score (nSPS) is 10.7. The number of nitrogens with zero attached hydrogens (tertiary/aromatic N) is 1. The third-order valence-electron chi connectivity index (χ3n) is 4.03. The molecular formula is C21H16N2OS. The monoisotopic (exact) mass is 344 g/mol. The molecule has 122 valence electrons. The van der Waals surface area contributed by atoms with E-state index in [2.05, 4.69) is 34.6 Å². The SMILES string of the molecule is O=C(Cc1ccc2ccccc2c1)Nc1ccc(-c2nccs2)cc1. The van der Waals surface area contributed by atoms with Crippen molar-refractivity contribution >= 4 is 33.7 Å². The molecule has 25 heavy (non-hydrogen) atoms. The first-order valence-electron chi connectivity index (χ1n) is 8.05. The summed E-state index contributed by atoms with van der Waals surface area (Å²) in [4.78, 5) is 16.6. The van der Waals surface area contributed by atoms with Crippen LogP contribution in [0, 0.1) is 0 Å². The Morgan fingerprint density at radius 1 is 0.960 bits per heavy atom. The van der Waals surface area contributed by atoms with E-state index < -0.39 is 0 Å². The molecule has 1 amide bonds. The molecule has 0 fully saturated rings. The summed E-state index contributed by atoms with van der Waals surface area (Å²) < 4.78 is 0. The van der Waals surface area contributed by atoms with Crippen molar-refractivity contribution in [1.82, 2.24) is 4.98 Å². The Morgan fingerprint density at radius 2 is 1.76 bits per heavy atom. The molecule has 4 aromatic rings. The number of hydrogen-bond donors (Lipinski definition) is 1. The second-order valence-corrected chi connectivity index (χ2v) is 6.72. The van der Waals surface area contributed by atoms with E-state index in [1.807, 2.05) is 47.8 Å². The van der Waals surface area contributed by atoms with Crippen LogP contribution in [-0.2, 0) is 11.2 Å². The zero-order chi connectivity index (χ0) is 17.1. The molecule has 0 saturated carbocycles. The first kappa shape index (κ1) is 15.5. The maximum absolute atomic E-state index is 12.3. The Bertz CT molecular complexity index is 1010. The van der Waals surface area contributed by atoms with Crippen LogP contribution >= 0.6 is 11.3 Å². The van der Waals surface area contributed by atoms with E-state index in [1.54, 1.807) is 17.5 Å². The summed E-state index contributed by atoms with van der Waals surface area (Å²) in [5, 5.41) is 8.23. The van der Waals surface area contributed by atoms with Crippen LogP contribution in [0.25, 0.3) is 21.3 Å². The van der Waals surface area contributed by atoms with E-state index in [4.69, 9.17) is 0 Å². The van der Waals surface area contributed by atoms with Crippen LogP contribution in [0.4, 0.5) is 5.69 Å². The first-order chi connectivity index (χ1) is 12.3. The molecule has 0 aliphatic rings. The largest absolute Gasteiger partial charge is 0.326 e. The minimum Gasteiger partial charge on any atom is -0.326 e. The summed E-state index contributed by atoms with van der Waals surface area (Å²) in [7, 11) is 0. The fourth-order valence-corrected chi connectivity index (χ4v) is 3.45. The lowest BCUT2D eigenvalue weighted by Crippen LogP contribution is -2.14. The highest BCUT2D eigenvalue weighted by atomic mass is 32.1. The lowest BCUT2D eigenvalue weighted by molar-refractivity contribution is -0.115. The number of benzene rings is 3. The van der Waals surface area contributed by atoms with Crippen molar-refractivity contribution in [3.05, 3.63) is 83.9 Å². The molecule has 4 rings (SSSR count). The molecule has 1 heterocycles. The number of amides is 1. The molecule has 0 unspecified atom stereocenters. The molecule has 0 aliphatic carbocycles. The van der Waals surface area contributed by atoms with Crippen LogP contribution < -0.4 is 5.32 Å². The van der Waals surface area contributed by atoms with Crippen molar-refractivity contribution < 1.29 is 4.79 Å². The average Bonchev–Trinajstić information content (AvgIpc) is 3.17. The summed E-state index contributed by atoms with van der Waals surface area (Å²) in [5.74, 6) is -0.0164. The third kappa shape index (κ3) is 3.59. The van der Waals surface area contributed by atoms with Gasteiger partial charge in [-0.15, -0.1) is 11.3 Å². The highest BCUT2D eigenvalue weighted by Gasteiger charge is 2.06. The van der Waals surface area contributed by atoms with Gasteiger partial charge in [-0.2, -0.15) is 0 Å². The Hall–Kier alpha value is -2.98. The number of aromatic nitrogens is 1. The molecule has 0 saturated heterocycles. The maximum Gasteiger partial charge on any atom is 0.228 e. The van der Waals surface area contributed by atoms with E-state index in [9.17, 15) is 4.79 Å². The van der Waals surface area contributed by atoms with Crippen molar-refractivity contribution in [1.29, 1.82) is 0 Å². The van der Waals surface area contributed by atoms with E-state index in [0.717, 1.165) is 27.2 Å². The Kier molecular flexibility index (Phi) is 4.27. The van der Waals surface area contributed by atoms with Gasteiger partial charge in [0.2, 0.25) is 5.91 Å². The average molecular weight is 344 g/mol. The second kappa shape index (κ2) is 6.87. The molecule has 0 atom stereocenters. The number of carbonyl (C=O) groups is 1. The molecule has 4 heteroatoms. The zero-order valence-corrected chi connectivity index (χ0v) is 14.3. The highest BCUT2D eigenvalue weighted by molar-refractivity contribution is 7.13. The molecule has 0 aliphatic heterocycles. The van der Waals surface area contributed by atoms with Gasteiger partial charge in [0.25, 0.3) is 0 Å². The zero-order valence-electron chi connectivity index (χ0n) is 13.5. The van der Waals surface area contributed by atoms with E-state index in [0.29, 0.717) is 6.42 Å². The third-order valence-corrected chi connectivity index (χ3v) is 4.85. The van der Waals surface area contributed by atoms with Crippen LogP contribution in [0.1, 0.15) is 5.56 Å². The fourth-order valence-electron chi connectivity index (χ4n) is 2.80. The molecule has 3 aromatic carbocycles.